The van der Waals surface area contributed by atoms with Crippen LogP contribution in [-0.4, -0.2) is 7.11 Å². The second-order valence-electron chi connectivity index (χ2n) is 2.78. The maximum Gasteiger partial charge on any atom is 0.119 e. The van der Waals surface area contributed by atoms with Crippen molar-refractivity contribution in [2.45, 2.75) is 13.8 Å². The summed E-state index contributed by atoms with van der Waals surface area (Å²) in [7, 11) is 1.66. The molecule has 0 fully saturated rings. The zero-order chi connectivity index (χ0) is 9.14. The van der Waals surface area contributed by atoms with Crippen LogP contribution in [0.25, 0.3) is 0 Å². The van der Waals surface area contributed by atoms with E-state index in [2.05, 4.69) is 5.92 Å². The lowest BCUT2D eigenvalue weighted by atomic mass is 10.0. The fraction of sp³-hybridized carbons (Fsp3) is 0.273. The number of benzene rings is 1. The van der Waals surface area contributed by atoms with E-state index in [-0.39, 0.29) is 0 Å². The quantitative estimate of drug-likeness (QED) is 0.573. The maximum absolute atomic E-state index is 5.35. The summed E-state index contributed by atoms with van der Waals surface area (Å²) < 4.78 is 5.11. The van der Waals surface area contributed by atoms with Gasteiger partial charge in [0.15, 0.2) is 0 Å². The number of terminal acetylenes is 1. The number of hydrogen-bond donors (Lipinski definition) is 0. The van der Waals surface area contributed by atoms with Crippen molar-refractivity contribution in [3.05, 3.63) is 28.8 Å². The average Bonchev–Trinajstić information content (AvgIpc) is 2.03. The molecule has 0 spiro atoms. The molecule has 0 radical (unpaired) electrons. The largest absolute Gasteiger partial charge is 0.497 e. The number of hydrogen-bond acceptors (Lipinski definition) is 1. The van der Waals surface area contributed by atoms with Crippen molar-refractivity contribution < 1.29 is 4.74 Å². The normalized spacial score (nSPS) is 9.17. The van der Waals surface area contributed by atoms with Gasteiger partial charge < -0.3 is 4.74 Å². The fourth-order valence-electron chi connectivity index (χ4n) is 1.27. The Bertz CT molecular complexity index is 308. The minimum absolute atomic E-state index is 0.865. The van der Waals surface area contributed by atoms with E-state index in [0.29, 0.717) is 0 Å². The van der Waals surface area contributed by atoms with Crippen molar-refractivity contribution in [3.8, 4) is 18.1 Å². The SMILES string of the molecule is C#Cc1c(C)cc(OC)cc1C. The van der Waals surface area contributed by atoms with Crippen LogP contribution < -0.4 is 4.74 Å². The number of rotatable bonds is 1. The molecule has 1 rings (SSSR count). The molecule has 0 aliphatic rings. The first-order valence-electron chi connectivity index (χ1n) is 3.81. The molecular formula is C11H12O. The van der Waals surface area contributed by atoms with Gasteiger partial charge in [0.25, 0.3) is 0 Å². The van der Waals surface area contributed by atoms with E-state index in [1.807, 2.05) is 26.0 Å². The highest BCUT2D eigenvalue weighted by Crippen LogP contribution is 2.20. The van der Waals surface area contributed by atoms with Gasteiger partial charge in [0.05, 0.1) is 7.11 Å². The Labute approximate surface area is 73.4 Å². The molecular weight excluding hydrogens is 148 g/mol. The number of ether oxygens (including phenoxy) is 1. The van der Waals surface area contributed by atoms with E-state index in [4.69, 9.17) is 11.2 Å². The Balaban J connectivity index is 3.30. The molecule has 1 nitrogen and oxygen atoms in total. The number of aryl methyl sites for hydroxylation is 2. The molecule has 0 heterocycles. The standard InChI is InChI=1S/C11H12O/c1-5-11-8(2)6-10(12-4)7-9(11)3/h1,6-7H,2-4H3. The van der Waals surface area contributed by atoms with Crippen LogP contribution in [-0.2, 0) is 0 Å². The molecule has 0 aliphatic heterocycles. The summed E-state index contributed by atoms with van der Waals surface area (Å²) >= 11 is 0. The third kappa shape index (κ3) is 1.43. The van der Waals surface area contributed by atoms with Crippen LogP contribution in [0.5, 0.6) is 5.75 Å². The molecule has 0 N–H and O–H groups in total. The van der Waals surface area contributed by atoms with Gasteiger partial charge in [0.2, 0.25) is 0 Å². The summed E-state index contributed by atoms with van der Waals surface area (Å²) in [6.45, 7) is 3.98. The van der Waals surface area contributed by atoms with Crippen molar-refractivity contribution in [1.82, 2.24) is 0 Å². The van der Waals surface area contributed by atoms with E-state index in [1.165, 1.54) is 0 Å². The lowest BCUT2D eigenvalue weighted by Gasteiger charge is -2.06. The van der Waals surface area contributed by atoms with Crippen molar-refractivity contribution in [2.24, 2.45) is 0 Å². The predicted molar refractivity (Wildman–Crippen MR) is 50.4 cm³/mol. The molecule has 0 bridgehead atoms. The zero-order valence-corrected chi connectivity index (χ0v) is 7.64. The van der Waals surface area contributed by atoms with Crippen LogP contribution in [0.1, 0.15) is 16.7 Å². The second-order valence-corrected chi connectivity index (χ2v) is 2.78. The molecule has 0 saturated heterocycles. The molecule has 0 saturated carbocycles. The summed E-state index contributed by atoms with van der Waals surface area (Å²) in [4.78, 5) is 0. The lowest BCUT2D eigenvalue weighted by molar-refractivity contribution is 0.414. The number of methoxy groups -OCH3 is 1. The minimum Gasteiger partial charge on any atom is -0.497 e. The Kier molecular flexibility index (Phi) is 2.40. The highest BCUT2D eigenvalue weighted by atomic mass is 16.5. The van der Waals surface area contributed by atoms with Gasteiger partial charge >= 0.3 is 0 Å². The van der Waals surface area contributed by atoms with Gasteiger partial charge in [0.1, 0.15) is 5.75 Å². The first kappa shape index (κ1) is 8.67. The van der Waals surface area contributed by atoms with Crippen molar-refractivity contribution >= 4 is 0 Å². The molecule has 1 heteroatoms. The van der Waals surface area contributed by atoms with Crippen molar-refractivity contribution in [2.75, 3.05) is 7.11 Å². The summed E-state index contributed by atoms with van der Waals surface area (Å²) in [5.41, 5.74) is 3.15. The van der Waals surface area contributed by atoms with Gasteiger partial charge in [-0.2, -0.15) is 0 Å². The van der Waals surface area contributed by atoms with Crippen LogP contribution in [0.4, 0.5) is 0 Å². The maximum atomic E-state index is 5.35. The average molecular weight is 160 g/mol. The van der Waals surface area contributed by atoms with Crippen LogP contribution in [0, 0.1) is 26.2 Å². The van der Waals surface area contributed by atoms with E-state index in [9.17, 15) is 0 Å². The van der Waals surface area contributed by atoms with Crippen LogP contribution >= 0.6 is 0 Å². The third-order valence-corrected chi connectivity index (χ3v) is 1.89. The molecule has 0 amide bonds. The van der Waals surface area contributed by atoms with E-state index < -0.39 is 0 Å². The Morgan fingerprint density at radius 2 is 1.75 bits per heavy atom. The molecule has 1 aromatic rings. The highest BCUT2D eigenvalue weighted by Gasteiger charge is 2.01. The summed E-state index contributed by atoms with van der Waals surface area (Å²) in [5, 5.41) is 0. The van der Waals surface area contributed by atoms with Crippen LogP contribution in [0.15, 0.2) is 12.1 Å². The van der Waals surface area contributed by atoms with Gasteiger partial charge in [0, 0.05) is 5.56 Å². The highest BCUT2D eigenvalue weighted by molar-refractivity contribution is 5.49. The van der Waals surface area contributed by atoms with Crippen molar-refractivity contribution in [3.63, 3.8) is 0 Å². The second kappa shape index (κ2) is 3.32. The third-order valence-electron chi connectivity index (χ3n) is 1.89. The van der Waals surface area contributed by atoms with Gasteiger partial charge in [-0.3, -0.25) is 0 Å². The van der Waals surface area contributed by atoms with Gasteiger partial charge in [-0.15, -0.1) is 6.42 Å². The smallest absolute Gasteiger partial charge is 0.119 e. The Hall–Kier alpha value is -1.42. The van der Waals surface area contributed by atoms with E-state index >= 15 is 0 Å². The summed E-state index contributed by atoms with van der Waals surface area (Å²) in [5.74, 6) is 3.52. The molecule has 0 atom stereocenters. The van der Waals surface area contributed by atoms with Crippen LogP contribution in [0.2, 0.25) is 0 Å². The zero-order valence-electron chi connectivity index (χ0n) is 7.64. The Morgan fingerprint density at radius 3 is 2.08 bits per heavy atom. The predicted octanol–water partition coefficient (Wildman–Crippen LogP) is 2.29. The summed E-state index contributed by atoms with van der Waals surface area (Å²) in [6.07, 6.45) is 5.35. The molecule has 1 aromatic carbocycles. The lowest BCUT2D eigenvalue weighted by Crippen LogP contribution is -1.90. The van der Waals surface area contributed by atoms with Gasteiger partial charge in [-0.25, -0.2) is 0 Å². The molecule has 62 valence electrons. The van der Waals surface area contributed by atoms with Crippen LogP contribution in [0.3, 0.4) is 0 Å². The van der Waals surface area contributed by atoms with E-state index in [1.54, 1.807) is 7.11 Å². The molecule has 12 heavy (non-hydrogen) atoms. The Morgan fingerprint density at radius 1 is 1.25 bits per heavy atom. The minimum atomic E-state index is 0.865. The van der Waals surface area contributed by atoms with Gasteiger partial charge in [-0.1, -0.05) is 5.92 Å². The molecule has 0 aromatic heterocycles. The topological polar surface area (TPSA) is 9.23 Å². The fourth-order valence-corrected chi connectivity index (χ4v) is 1.27. The van der Waals surface area contributed by atoms with Crippen molar-refractivity contribution in [1.29, 1.82) is 0 Å². The van der Waals surface area contributed by atoms with Gasteiger partial charge in [-0.05, 0) is 37.1 Å². The molecule has 0 aliphatic carbocycles. The first-order valence-corrected chi connectivity index (χ1v) is 3.81. The first-order chi connectivity index (χ1) is 5.69. The monoisotopic (exact) mass is 160 g/mol. The molecule has 0 unspecified atom stereocenters. The summed E-state index contributed by atoms with van der Waals surface area (Å²) in [6, 6.07) is 3.89. The van der Waals surface area contributed by atoms with E-state index in [0.717, 1.165) is 22.4 Å².